The lowest BCUT2D eigenvalue weighted by Crippen LogP contribution is -2.37. The van der Waals surface area contributed by atoms with Crippen LogP contribution in [-0.4, -0.2) is 29.1 Å². The normalized spacial score (nSPS) is 19.0. The van der Waals surface area contributed by atoms with E-state index in [1.165, 1.54) is 24.0 Å². The Hall–Kier alpha value is -3.08. The molecule has 1 aliphatic carbocycles. The molecule has 0 radical (unpaired) electrons. The molecule has 32 heavy (non-hydrogen) atoms. The van der Waals surface area contributed by atoms with Gasteiger partial charge in [-0.2, -0.15) is 0 Å². The number of carboxylic acids is 1. The summed E-state index contributed by atoms with van der Waals surface area (Å²) in [6, 6.07) is 15.9. The van der Waals surface area contributed by atoms with Gasteiger partial charge in [-0.1, -0.05) is 37.6 Å². The molecule has 1 aromatic heterocycles. The van der Waals surface area contributed by atoms with E-state index in [2.05, 4.69) is 55.3 Å². The third kappa shape index (κ3) is 3.81. The molecule has 1 saturated carbocycles. The van der Waals surface area contributed by atoms with E-state index in [0.717, 1.165) is 42.7 Å². The van der Waals surface area contributed by atoms with Crippen LogP contribution in [0.15, 0.2) is 48.5 Å². The molecule has 0 amide bonds. The van der Waals surface area contributed by atoms with E-state index >= 15 is 0 Å². The first-order valence-corrected chi connectivity index (χ1v) is 11.5. The van der Waals surface area contributed by atoms with Crippen LogP contribution in [0.4, 0.5) is 11.5 Å². The molecule has 2 aromatic carbocycles. The summed E-state index contributed by atoms with van der Waals surface area (Å²) in [5.74, 6) is 0.131. The van der Waals surface area contributed by atoms with Crippen molar-refractivity contribution in [2.75, 3.05) is 23.3 Å². The lowest BCUT2D eigenvalue weighted by Gasteiger charge is -2.37. The van der Waals surface area contributed by atoms with Crippen molar-refractivity contribution in [2.24, 2.45) is 5.41 Å². The lowest BCUT2D eigenvalue weighted by atomic mass is 9.83. The second-order valence-electron chi connectivity index (χ2n) is 10.3. The summed E-state index contributed by atoms with van der Waals surface area (Å²) >= 11 is 0. The van der Waals surface area contributed by atoms with Crippen molar-refractivity contribution in [2.45, 2.75) is 52.0 Å². The Balaban J connectivity index is 1.54. The van der Waals surface area contributed by atoms with Crippen LogP contribution < -0.4 is 10.2 Å². The van der Waals surface area contributed by atoms with E-state index in [1.807, 2.05) is 12.1 Å². The first-order chi connectivity index (χ1) is 15.3. The Morgan fingerprint density at radius 3 is 2.44 bits per heavy atom. The second kappa shape index (κ2) is 7.51. The number of aryl methyl sites for hydroxylation is 1. The van der Waals surface area contributed by atoms with E-state index < -0.39 is 5.97 Å². The average Bonchev–Trinajstić information content (AvgIpc) is 3.53. The number of carboxylic acid groups (broad SMARTS) is 1. The molecule has 5 nitrogen and oxygen atoms in total. The number of nitrogens with zero attached hydrogens (tertiary/aromatic N) is 2. The third-order valence-electron chi connectivity index (χ3n) is 7.16. The summed E-state index contributed by atoms with van der Waals surface area (Å²) in [5.41, 5.74) is 4.49. The van der Waals surface area contributed by atoms with Crippen LogP contribution in [0, 0.1) is 12.3 Å². The topological polar surface area (TPSA) is 65.5 Å². The molecular weight excluding hydrogens is 398 g/mol. The zero-order chi connectivity index (χ0) is 22.5. The minimum absolute atomic E-state index is 0.272. The number of para-hydroxylation sites is 1. The van der Waals surface area contributed by atoms with Crippen LogP contribution >= 0.6 is 0 Å². The number of hydrogen-bond acceptors (Lipinski definition) is 4. The summed E-state index contributed by atoms with van der Waals surface area (Å²) in [6.45, 7) is 8.86. The van der Waals surface area contributed by atoms with Crippen molar-refractivity contribution in [3.63, 3.8) is 0 Å². The van der Waals surface area contributed by atoms with E-state index in [0.29, 0.717) is 16.7 Å². The van der Waals surface area contributed by atoms with Gasteiger partial charge < -0.3 is 15.3 Å². The predicted molar refractivity (Wildman–Crippen MR) is 130 cm³/mol. The first kappa shape index (κ1) is 20.8. The molecule has 3 aromatic rings. The first-order valence-electron chi connectivity index (χ1n) is 11.5. The standard InChI is InChI=1S/C27H31N3O2/c1-18-16-19-8-9-23(30-14-12-26(2,3)13-15-30)28-24(19)21(17-18)27(10-11-27)29-22-7-5-4-6-20(22)25(31)32/h4-9,16-17,29H,10-15H2,1-3H3,(H,31,32). The van der Waals surface area contributed by atoms with Gasteiger partial charge in [-0.15, -0.1) is 0 Å². The Labute approximate surface area is 189 Å². The van der Waals surface area contributed by atoms with Gasteiger partial charge in [0.1, 0.15) is 5.82 Å². The number of nitrogens with one attached hydrogen (secondary N) is 1. The van der Waals surface area contributed by atoms with E-state index in [9.17, 15) is 9.90 Å². The molecule has 5 rings (SSSR count). The van der Waals surface area contributed by atoms with Crippen LogP contribution in [-0.2, 0) is 5.54 Å². The highest BCUT2D eigenvalue weighted by atomic mass is 16.4. The van der Waals surface area contributed by atoms with Gasteiger partial charge in [0.2, 0.25) is 0 Å². The van der Waals surface area contributed by atoms with Crippen molar-refractivity contribution in [1.29, 1.82) is 0 Å². The minimum atomic E-state index is -0.911. The second-order valence-corrected chi connectivity index (χ2v) is 10.3. The van der Waals surface area contributed by atoms with Crippen LogP contribution in [0.1, 0.15) is 61.0 Å². The minimum Gasteiger partial charge on any atom is -0.478 e. The van der Waals surface area contributed by atoms with E-state index in [4.69, 9.17) is 4.98 Å². The highest BCUT2D eigenvalue weighted by molar-refractivity contribution is 5.95. The number of fused-ring (bicyclic) bond motifs is 1. The van der Waals surface area contributed by atoms with Crippen molar-refractivity contribution in [3.05, 3.63) is 65.2 Å². The molecule has 0 spiro atoms. The monoisotopic (exact) mass is 429 g/mol. The van der Waals surface area contributed by atoms with Crippen LogP contribution in [0.3, 0.4) is 0 Å². The highest BCUT2D eigenvalue weighted by Crippen LogP contribution is 2.51. The van der Waals surface area contributed by atoms with Gasteiger partial charge in [0, 0.05) is 29.7 Å². The average molecular weight is 430 g/mol. The van der Waals surface area contributed by atoms with Gasteiger partial charge in [0.05, 0.1) is 16.6 Å². The molecule has 1 aliphatic heterocycles. The number of hydrogen-bond donors (Lipinski definition) is 2. The number of piperidine rings is 1. The fraction of sp³-hybridized carbons (Fsp3) is 0.407. The Morgan fingerprint density at radius 2 is 1.75 bits per heavy atom. The molecular formula is C27H31N3O2. The van der Waals surface area contributed by atoms with Crippen LogP contribution in [0.2, 0.25) is 0 Å². The molecule has 2 N–H and O–H groups in total. The summed E-state index contributed by atoms with van der Waals surface area (Å²) < 4.78 is 0. The Bertz CT molecular complexity index is 1190. The predicted octanol–water partition coefficient (Wildman–Crippen LogP) is 5.97. The summed E-state index contributed by atoms with van der Waals surface area (Å²) in [6.07, 6.45) is 4.27. The maximum Gasteiger partial charge on any atom is 0.337 e. The highest BCUT2D eigenvalue weighted by Gasteiger charge is 2.46. The van der Waals surface area contributed by atoms with Crippen molar-refractivity contribution in [3.8, 4) is 0 Å². The molecule has 5 heteroatoms. The van der Waals surface area contributed by atoms with Gasteiger partial charge in [0.25, 0.3) is 0 Å². The van der Waals surface area contributed by atoms with Crippen molar-refractivity contribution >= 4 is 28.4 Å². The fourth-order valence-corrected chi connectivity index (χ4v) is 4.88. The summed E-state index contributed by atoms with van der Waals surface area (Å²) in [7, 11) is 0. The molecule has 0 atom stereocenters. The third-order valence-corrected chi connectivity index (χ3v) is 7.16. The number of aromatic carboxylic acids is 1. The van der Waals surface area contributed by atoms with Crippen molar-refractivity contribution in [1.82, 2.24) is 4.98 Å². The zero-order valence-corrected chi connectivity index (χ0v) is 19.1. The van der Waals surface area contributed by atoms with Gasteiger partial charge in [-0.25, -0.2) is 9.78 Å². The smallest absolute Gasteiger partial charge is 0.337 e. The Morgan fingerprint density at radius 1 is 1.03 bits per heavy atom. The maximum atomic E-state index is 11.7. The molecule has 1 saturated heterocycles. The molecule has 2 heterocycles. The van der Waals surface area contributed by atoms with Crippen LogP contribution in [0.5, 0.6) is 0 Å². The molecule has 2 aliphatic rings. The van der Waals surface area contributed by atoms with Gasteiger partial charge >= 0.3 is 5.97 Å². The molecule has 0 bridgehead atoms. The molecule has 166 valence electrons. The number of benzene rings is 2. The molecule has 2 fully saturated rings. The van der Waals surface area contributed by atoms with E-state index in [1.54, 1.807) is 12.1 Å². The van der Waals surface area contributed by atoms with Crippen LogP contribution in [0.25, 0.3) is 10.9 Å². The lowest BCUT2D eigenvalue weighted by molar-refractivity contribution is 0.0698. The van der Waals surface area contributed by atoms with E-state index in [-0.39, 0.29) is 5.54 Å². The largest absolute Gasteiger partial charge is 0.478 e. The number of pyridine rings is 1. The number of aromatic nitrogens is 1. The zero-order valence-electron chi connectivity index (χ0n) is 19.1. The quantitative estimate of drug-likeness (QED) is 0.523. The number of carbonyl (C=O) groups is 1. The number of rotatable bonds is 5. The maximum absolute atomic E-state index is 11.7. The van der Waals surface area contributed by atoms with Gasteiger partial charge in [-0.05, 0) is 68.4 Å². The number of anilines is 2. The van der Waals surface area contributed by atoms with Gasteiger partial charge in [-0.3, -0.25) is 0 Å². The summed E-state index contributed by atoms with van der Waals surface area (Å²) in [5, 5.41) is 14.4. The fourth-order valence-electron chi connectivity index (χ4n) is 4.88. The Kier molecular flexibility index (Phi) is 4.88. The molecule has 0 unspecified atom stereocenters. The van der Waals surface area contributed by atoms with Gasteiger partial charge in [0.15, 0.2) is 0 Å². The summed E-state index contributed by atoms with van der Waals surface area (Å²) in [4.78, 5) is 19.3. The van der Waals surface area contributed by atoms with Crippen molar-refractivity contribution < 1.29 is 9.90 Å². The SMILES string of the molecule is Cc1cc(C2(Nc3ccccc3C(=O)O)CC2)c2nc(N3CCC(C)(C)CC3)ccc2c1.